The van der Waals surface area contributed by atoms with Gasteiger partial charge in [0.1, 0.15) is 5.75 Å². The molecule has 2 aromatic rings. The molecule has 4 rings (SSSR count). The molecule has 1 heterocycles. The van der Waals surface area contributed by atoms with Crippen molar-refractivity contribution in [2.75, 3.05) is 18.5 Å². The molecule has 0 saturated heterocycles. The highest BCUT2D eigenvalue weighted by molar-refractivity contribution is 6.13. The Morgan fingerprint density at radius 1 is 1.09 bits per heavy atom. The molecule has 0 spiro atoms. The van der Waals surface area contributed by atoms with Gasteiger partial charge in [-0.1, -0.05) is 6.92 Å². The first-order valence-corrected chi connectivity index (χ1v) is 12.1. The van der Waals surface area contributed by atoms with E-state index >= 15 is 0 Å². The quantitative estimate of drug-likeness (QED) is 0.396. The number of ether oxygens (including phenoxy) is 1. The van der Waals surface area contributed by atoms with E-state index in [9.17, 15) is 9.59 Å². The van der Waals surface area contributed by atoms with E-state index in [2.05, 4.69) is 22.5 Å². The number of amides is 1. The maximum Gasteiger partial charge on any atom is 0.257 e. The van der Waals surface area contributed by atoms with Gasteiger partial charge in [-0.05, 0) is 88.1 Å². The van der Waals surface area contributed by atoms with Crippen LogP contribution in [0.15, 0.2) is 30.5 Å². The van der Waals surface area contributed by atoms with Crippen LogP contribution in [-0.4, -0.2) is 35.9 Å². The van der Waals surface area contributed by atoms with Crippen LogP contribution in [0.1, 0.15) is 84.7 Å². The molecule has 6 nitrogen and oxygen atoms in total. The van der Waals surface area contributed by atoms with Crippen LogP contribution >= 0.6 is 0 Å². The zero-order valence-electron chi connectivity index (χ0n) is 19.0. The summed E-state index contributed by atoms with van der Waals surface area (Å²) in [6.07, 6.45) is 11.0. The summed E-state index contributed by atoms with van der Waals surface area (Å²) < 4.78 is 5.84. The van der Waals surface area contributed by atoms with E-state index in [1.165, 1.54) is 25.7 Å². The molecule has 3 N–H and O–H groups in total. The Morgan fingerprint density at radius 3 is 2.62 bits per heavy atom. The van der Waals surface area contributed by atoms with E-state index in [4.69, 9.17) is 4.74 Å². The molecular weight excluding hydrogens is 402 g/mol. The zero-order valence-corrected chi connectivity index (χ0v) is 19.0. The molecule has 1 aromatic carbocycles. The predicted octanol–water partition coefficient (Wildman–Crippen LogP) is 5.11. The maximum atomic E-state index is 12.8. The average Bonchev–Trinajstić information content (AvgIpc) is 3.14. The van der Waals surface area contributed by atoms with Crippen molar-refractivity contribution >= 4 is 17.4 Å². The van der Waals surface area contributed by atoms with E-state index in [-0.39, 0.29) is 11.7 Å². The van der Waals surface area contributed by atoms with Gasteiger partial charge < -0.3 is 20.4 Å². The Balaban J connectivity index is 1.22. The summed E-state index contributed by atoms with van der Waals surface area (Å²) >= 11 is 0. The number of ketones is 1. The minimum Gasteiger partial charge on any atom is -0.494 e. The van der Waals surface area contributed by atoms with E-state index in [1.54, 1.807) is 6.20 Å². The fraction of sp³-hybridized carbons (Fsp3) is 0.538. The lowest BCUT2D eigenvalue weighted by molar-refractivity contribution is 0.0965. The van der Waals surface area contributed by atoms with Gasteiger partial charge in [0.05, 0.1) is 17.7 Å². The standard InChI is InChI=1S/C26H35N3O3/c1-18-7-9-19(10-8-18)27-15-4-16-32-21-13-11-20(12-14-21)29-26(31)22-17-28-23-5-2-3-6-24(30)25(22)23/h11-14,17-19,27-28H,2-10,15-16H2,1H3,(H,29,31). The third kappa shape index (κ3) is 5.80. The Labute approximate surface area is 190 Å². The number of Topliss-reactive ketones (excluding diaryl/α,β-unsaturated/α-hetero) is 1. The topological polar surface area (TPSA) is 83.2 Å². The lowest BCUT2D eigenvalue weighted by atomic mass is 9.87. The van der Waals surface area contributed by atoms with Crippen LogP contribution in [0, 0.1) is 5.92 Å². The van der Waals surface area contributed by atoms with Gasteiger partial charge in [-0.3, -0.25) is 9.59 Å². The van der Waals surface area contributed by atoms with Crippen molar-refractivity contribution in [3.63, 3.8) is 0 Å². The van der Waals surface area contributed by atoms with E-state index in [0.29, 0.717) is 35.9 Å². The Morgan fingerprint density at radius 2 is 1.84 bits per heavy atom. The second-order valence-electron chi connectivity index (χ2n) is 9.28. The number of fused-ring (bicyclic) bond motifs is 1. The largest absolute Gasteiger partial charge is 0.494 e. The molecule has 0 atom stereocenters. The summed E-state index contributed by atoms with van der Waals surface area (Å²) in [5.74, 6) is 1.47. The number of carbonyl (C=O) groups is 2. The minimum atomic E-state index is -0.255. The molecule has 2 aliphatic rings. The van der Waals surface area contributed by atoms with Crippen molar-refractivity contribution in [1.29, 1.82) is 0 Å². The number of H-pyrrole nitrogens is 1. The Hall–Kier alpha value is -2.60. The number of anilines is 1. The molecule has 0 unspecified atom stereocenters. The summed E-state index contributed by atoms with van der Waals surface area (Å²) in [6, 6.07) is 8.08. The Kier molecular flexibility index (Phi) is 7.63. The van der Waals surface area contributed by atoms with Gasteiger partial charge in [-0.2, -0.15) is 0 Å². The second-order valence-corrected chi connectivity index (χ2v) is 9.28. The van der Waals surface area contributed by atoms with Crippen LogP contribution in [0.3, 0.4) is 0 Å². The summed E-state index contributed by atoms with van der Waals surface area (Å²) in [6.45, 7) is 3.99. The van der Waals surface area contributed by atoms with Gasteiger partial charge in [-0.15, -0.1) is 0 Å². The van der Waals surface area contributed by atoms with Crippen LogP contribution in [0.2, 0.25) is 0 Å². The third-order valence-corrected chi connectivity index (χ3v) is 6.72. The van der Waals surface area contributed by atoms with Crippen LogP contribution in [-0.2, 0) is 6.42 Å². The normalized spacial score (nSPS) is 21.0. The van der Waals surface area contributed by atoms with Crippen molar-refractivity contribution in [1.82, 2.24) is 10.3 Å². The highest BCUT2D eigenvalue weighted by Crippen LogP contribution is 2.25. The third-order valence-electron chi connectivity index (χ3n) is 6.72. The monoisotopic (exact) mass is 437 g/mol. The molecule has 32 heavy (non-hydrogen) atoms. The first kappa shape index (κ1) is 22.6. The van der Waals surface area contributed by atoms with Crippen LogP contribution in [0.4, 0.5) is 5.69 Å². The van der Waals surface area contributed by atoms with Crippen molar-refractivity contribution in [3.8, 4) is 5.75 Å². The molecule has 0 aliphatic heterocycles. The van der Waals surface area contributed by atoms with Crippen molar-refractivity contribution < 1.29 is 14.3 Å². The number of benzene rings is 1. The predicted molar refractivity (Wildman–Crippen MR) is 127 cm³/mol. The first-order valence-electron chi connectivity index (χ1n) is 12.1. The molecule has 1 aromatic heterocycles. The molecule has 1 saturated carbocycles. The molecule has 1 fully saturated rings. The number of carbonyl (C=O) groups excluding carboxylic acids is 2. The van der Waals surface area contributed by atoms with Crippen molar-refractivity contribution in [2.45, 2.75) is 70.8 Å². The van der Waals surface area contributed by atoms with Gasteiger partial charge in [0, 0.05) is 30.0 Å². The van der Waals surface area contributed by atoms with E-state index < -0.39 is 0 Å². The van der Waals surface area contributed by atoms with Gasteiger partial charge in [0.25, 0.3) is 5.91 Å². The fourth-order valence-corrected chi connectivity index (χ4v) is 4.74. The Bertz CT molecular complexity index is 911. The second kappa shape index (κ2) is 10.8. The highest BCUT2D eigenvalue weighted by atomic mass is 16.5. The minimum absolute atomic E-state index is 0.0557. The summed E-state index contributed by atoms with van der Waals surface area (Å²) in [4.78, 5) is 28.3. The van der Waals surface area contributed by atoms with Gasteiger partial charge >= 0.3 is 0 Å². The lowest BCUT2D eigenvalue weighted by Crippen LogP contribution is -2.33. The molecular formula is C26H35N3O3. The van der Waals surface area contributed by atoms with Crippen LogP contribution < -0.4 is 15.4 Å². The van der Waals surface area contributed by atoms with Gasteiger partial charge in [0.15, 0.2) is 5.78 Å². The summed E-state index contributed by atoms with van der Waals surface area (Å²) in [5.41, 5.74) is 2.57. The number of aromatic nitrogens is 1. The van der Waals surface area contributed by atoms with Crippen LogP contribution in [0.25, 0.3) is 0 Å². The summed E-state index contributed by atoms with van der Waals surface area (Å²) in [7, 11) is 0. The van der Waals surface area contributed by atoms with Crippen molar-refractivity contribution in [2.24, 2.45) is 5.92 Å². The zero-order chi connectivity index (χ0) is 22.3. The average molecular weight is 438 g/mol. The first-order chi connectivity index (χ1) is 15.6. The van der Waals surface area contributed by atoms with E-state index in [0.717, 1.165) is 49.6 Å². The number of aromatic amines is 1. The highest BCUT2D eigenvalue weighted by Gasteiger charge is 2.24. The summed E-state index contributed by atoms with van der Waals surface area (Å²) in [5, 5.41) is 6.55. The van der Waals surface area contributed by atoms with Crippen molar-refractivity contribution in [3.05, 3.63) is 47.3 Å². The number of aryl methyl sites for hydroxylation is 1. The molecule has 2 aliphatic carbocycles. The SMILES string of the molecule is CC1CCC(NCCCOc2ccc(NC(=O)c3c[nH]c4c3C(=O)CCCC4)cc2)CC1. The molecule has 0 radical (unpaired) electrons. The smallest absolute Gasteiger partial charge is 0.257 e. The number of nitrogens with one attached hydrogen (secondary N) is 3. The van der Waals surface area contributed by atoms with Crippen LogP contribution in [0.5, 0.6) is 5.75 Å². The maximum absolute atomic E-state index is 12.8. The van der Waals surface area contributed by atoms with E-state index in [1.807, 2.05) is 24.3 Å². The molecule has 6 heteroatoms. The number of rotatable bonds is 8. The fourth-order valence-electron chi connectivity index (χ4n) is 4.74. The number of hydrogen-bond donors (Lipinski definition) is 3. The molecule has 172 valence electrons. The van der Waals surface area contributed by atoms with Gasteiger partial charge in [0.2, 0.25) is 0 Å². The lowest BCUT2D eigenvalue weighted by Gasteiger charge is -2.27. The molecule has 1 amide bonds. The van der Waals surface area contributed by atoms with Gasteiger partial charge in [-0.25, -0.2) is 0 Å². The molecule has 0 bridgehead atoms. The number of hydrogen-bond acceptors (Lipinski definition) is 4.